The van der Waals surface area contributed by atoms with E-state index in [1.807, 2.05) is 42.5 Å². The van der Waals surface area contributed by atoms with E-state index in [-0.39, 0.29) is 18.4 Å². The van der Waals surface area contributed by atoms with E-state index in [2.05, 4.69) is 4.98 Å². The molecule has 0 aliphatic heterocycles. The van der Waals surface area contributed by atoms with Crippen LogP contribution in [0.2, 0.25) is 0 Å². The molecule has 78 valence electrons. The lowest BCUT2D eigenvalue weighted by Crippen LogP contribution is -2.11. The summed E-state index contributed by atoms with van der Waals surface area (Å²) in [6.07, 6.45) is 3.52. The third-order valence-electron chi connectivity index (χ3n) is 2.22. The maximum Gasteiger partial charge on any atom is 0.0552 e. The first-order valence-electron chi connectivity index (χ1n) is 4.58. The minimum Gasteiger partial charge on any atom is -0.320 e. The lowest BCUT2D eigenvalue weighted by atomic mass is 10.0. The Morgan fingerprint density at radius 1 is 0.867 bits per heavy atom. The molecule has 0 radical (unpaired) electrons. The molecule has 1 heterocycles. The molecule has 0 aliphatic rings. The summed E-state index contributed by atoms with van der Waals surface area (Å²) in [7, 11) is 0. The molecule has 1 aromatic heterocycles. The fourth-order valence-corrected chi connectivity index (χ4v) is 1.42. The summed E-state index contributed by atoms with van der Waals surface area (Å²) in [6.45, 7) is 0. The summed E-state index contributed by atoms with van der Waals surface area (Å²) in [6, 6.07) is 13.9. The molecule has 15 heavy (non-hydrogen) atoms. The van der Waals surface area contributed by atoms with Gasteiger partial charge in [0.25, 0.3) is 0 Å². The van der Waals surface area contributed by atoms with Crippen LogP contribution in [0.4, 0.5) is 0 Å². The highest BCUT2D eigenvalue weighted by Gasteiger charge is 2.06. The van der Waals surface area contributed by atoms with Crippen molar-refractivity contribution in [3.63, 3.8) is 0 Å². The van der Waals surface area contributed by atoms with E-state index in [4.69, 9.17) is 5.73 Å². The van der Waals surface area contributed by atoms with Gasteiger partial charge in [-0.1, -0.05) is 30.3 Å². The zero-order chi connectivity index (χ0) is 9.80. The highest BCUT2D eigenvalue weighted by Crippen LogP contribution is 2.17. The van der Waals surface area contributed by atoms with Crippen molar-refractivity contribution in [3.05, 3.63) is 66.0 Å². The number of aromatic nitrogens is 1. The van der Waals surface area contributed by atoms with Gasteiger partial charge < -0.3 is 5.73 Å². The lowest BCUT2D eigenvalue weighted by Gasteiger charge is -2.11. The molecule has 2 nitrogen and oxygen atoms in total. The predicted molar refractivity (Wildman–Crippen MR) is 64.0 cm³/mol. The minimum absolute atomic E-state index is 0. The average Bonchev–Trinajstić information content (AvgIpc) is 2.30. The van der Waals surface area contributed by atoms with Crippen molar-refractivity contribution in [1.82, 2.24) is 4.98 Å². The van der Waals surface area contributed by atoms with Crippen LogP contribution in [0.3, 0.4) is 0 Å². The Balaban J connectivity index is 0.00000112. The minimum atomic E-state index is -0.0563. The van der Waals surface area contributed by atoms with Gasteiger partial charge in [-0.25, -0.2) is 0 Å². The van der Waals surface area contributed by atoms with E-state index in [1.165, 1.54) is 0 Å². The topological polar surface area (TPSA) is 38.9 Å². The van der Waals surface area contributed by atoms with Crippen LogP contribution in [-0.2, 0) is 0 Å². The quantitative estimate of drug-likeness (QED) is 0.845. The first-order chi connectivity index (χ1) is 6.88. The van der Waals surface area contributed by atoms with Crippen molar-refractivity contribution in [2.75, 3.05) is 0 Å². The van der Waals surface area contributed by atoms with Crippen molar-refractivity contribution >= 4 is 12.4 Å². The maximum atomic E-state index is 6.09. The third-order valence-corrected chi connectivity index (χ3v) is 2.22. The van der Waals surface area contributed by atoms with Crippen LogP contribution in [-0.4, -0.2) is 4.98 Å². The molecule has 0 saturated heterocycles. The number of rotatable bonds is 2. The number of halogens is 1. The SMILES string of the molecule is Cl.NC(c1ccccc1)c1ccncc1. The molecule has 1 unspecified atom stereocenters. The van der Waals surface area contributed by atoms with E-state index >= 15 is 0 Å². The van der Waals surface area contributed by atoms with E-state index in [9.17, 15) is 0 Å². The zero-order valence-corrected chi connectivity index (χ0v) is 9.02. The Hall–Kier alpha value is -1.38. The van der Waals surface area contributed by atoms with Crippen LogP contribution in [0.5, 0.6) is 0 Å². The Labute approximate surface area is 95.6 Å². The van der Waals surface area contributed by atoms with Crippen LogP contribution in [0.15, 0.2) is 54.9 Å². The fraction of sp³-hybridized carbons (Fsp3) is 0.0833. The molecule has 2 aromatic rings. The van der Waals surface area contributed by atoms with Crippen LogP contribution < -0.4 is 5.73 Å². The van der Waals surface area contributed by atoms with Crippen LogP contribution in [0.25, 0.3) is 0 Å². The Morgan fingerprint density at radius 3 is 2.00 bits per heavy atom. The standard InChI is InChI=1S/C12H12N2.ClH/c13-12(10-4-2-1-3-5-10)11-6-8-14-9-7-11;/h1-9,12H,13H2;1H. The van der Waals surface area contributed by atoms with Crippen LogP contribution in [0.1, 0.15) is 17.2 Å². The number of nitrogens with two attached hydrogens (primary N) is 1. The summed E-state index contributed by atoms with van der Waals surface area (Å²) in [5.41, 5.74) is 8.30. The third kappa shape index (κ3) is 2.78. The number of pyridine rings is 1. The van der Waals surface area contributed by atoms with E-state index in [0.717, 1.165) is 11.1 Å². The average molecular weight is 221 g/mol. The molecule has 0 amide bonds. The van der Waals surface area contributed by atoms with Crippen LogP contribution in [0, 0.1) is 0 Å². The van der Waals surface area contributed by atoms with Crippen LogP contribution >= 0.6 is 12.4 Å². The van der Waals surface area contributed by atoms with Gasteiger partial charge in [0.15, 0.2) is 0 Å². The second-order valence-corrected chi connectivity index (χ2v) is 3.17. The van der Waals surface area contributed by atoms with Gasteiger partial charge in [0.05, 0.1) is 6.04 Å². The van der Waals surface area contributed by atoms with Gasteiger partial charge in [0.2, 0.25) is 0 Å². The van der Waals surface area contributed by atoms with Crippen molar-refractivity contribution < 1.29 is 0 Å². The second-order valence-electron chi connectivity index (χ2n) is 3.17. The lowest BCUT2D eigenvalue weighted by molar-refractivity contribution is 0.868. The molecule has 2 N–H and O–H groups in total. The molecule has 2 rings (SSSR count). The van der Waals surface area contributed by atoms with Crippen molar-refractivity contribution in [2.45, 2.75) is 6.04 Å². The predicted octanol–water partition coefficient (Wildman–Crippen LogP) is 2.55. The summed E-state index contributed by atoms with van der Waals surface area (Å²) in [4.78, 5) is 3.97. The van der Waals surface area contributed by atoms with Gasteiger partial charge in [0, 0.05) is 12.4 Å². The summed E-state index contributed by atoms with van der Waals surface area (Å²) >= 11 is 0. The van der Waals surface area contributed by atoms with Gasteiger partial charge >= 0.3 is 0 Å². The molecule has 0 bridgehead atoms. The number of hydrogen-bond donors (Lipinski definition) is 1. The number of nitrogens with zero attached hydrogens (tertiary/aromatic N) is 1. The number of hydrogen-bond acceptors (Lipinski definition) is 2. The molecule has 1 aromatic carbocycles. The smallest absolute Gasteiger partial charge is 0.0552 e. The zero-order valence-electron chi connectivity index (χ0n) is 8.21. The first-order valence-corrected chi connectivity index (χ1v) is 4.58. The fourth-order valence-electron chi connectivity index (χ4n) is 1.42. The monoisotopic (exact) mass is 220 g/mol. The highest BCUT2D eigenvalue weighted by atomic mass is 35.5. The summed E-state index contributed by atoms with van der Waals surface area (Å²) < 4.78 is 0. The Morgan fingerprint density at radius 2 is 1.40 bits per heavy atom. The van der Waals surface area contributed by atoms with E-state index in [0.29, 0.717) is 0 Å². The summed E-state index contributed by atoms with van der Waals surface area (Å²) in [5, 5.41) is 0. The molecule has 3 heteroatoms. The van der Waals surface area contributed by atoms with Crippen molar-refractivity contribution in [2.24, 2.45) is 5.73 Å². The Kier molecular flexibility index (Phi) is 4.28. The van der Waals surface area contributed by atoms with Gasteiger partial charge in [-0.2, -0.15) is 0 Å². The van der Waals surface area contributed by atoms with Crippen molar-refractivity contribution in [1.29, 1.82) is 0 Å². The van der Waals surface area contributed by atoms with Gasteiger partial charge in [-0.15, -0.1) is 12.4 Å². The molecule has 1 atom stereocenters. The van der Waals surface area contributed by atoms with Gasteiger partial charge in [-0.3, -0.25) is 4.98 Å². The molecule has 0 saturated carbocycles. The second kappa shape index (κ2) is 5.49. The Bertz CT molecular complexity index is 349. The molecular weight excluding hydrogens is 208 g/mol. The largest absolute Gasteiger partial charge is 0.320 e. The van der Waals surface area contributed by atoms with E-state index < -0.39 is 0 Å². The summed E-state index contributed by atoms with van der Waals surface area (Å²) in [5.74, 6) is 0. The molecule has 0 spiro atoms. The maximum absolute atomic E-state index is 6.09. The highest BCUT2D eigenvalue weighted by molar-refractivity contribution is 5.85. The molecular formula is C12H13ClN2. The van der Waals surface area contributed by atoms with Gasteiger partial charge in [-0.05, 0) is 23.3 Å². The normalized spacial score (nSPS) is 11.5. The first kappa shape index (κ1) is 11.7. The molecule has 0 fully saturated rings. The molecule has 0 aliphatic carbocycles. The van der Waals surface area contributed by atoms with Gasteiger partial charge in [0.1, 0.15) is 0 Å². The van der Waals surface area contributed by atoms with E-state index in [1.54, 1.807) is 12.4 Å². The number of benzene rings is 1. The van der Waals surface area contributed by atoms with Crippen molar-refractivity contribution in [3.8, 4) is 0 Å².